The first-order valence-corrected chi connectivity index (χ1v) is 12.7. The molecule has 1 amide bonds. The van der Waals surface area contributed by atoms with E-state index < -0.39 is 6.10 Å². The van der Waals surface area contributed by atoms with Gasteiger partial charge in [-0.2, -0.15) is 5.26 Å². The topological polar surface area (TPSA) is 74.6 Å². The van der Waals surface area contributed by atoms with Crippen LogP contribution in [0.1, 0.15) is 61.8 Å². The number of rotatable bonds is 12. The van der Waals surface area contributed by atoms with E-state index in [9.17, 15) is 4.79 Å². The maximum Gasteiger partial charge on any atom is 0.250 e. The molecule has 6 heteroatoms. The molecule has 1 N–H and O–H groups in total. The van der Waals surface area contributed by atoms with Crippen LogP contribution in [-0.2, 0) is 14.3 Å². The molecule has 188 valence electrons. The number of carbonyl (C=O) groups excluding carboxylic acids is 1. The first-order valence-electron chi connectivity index (χ1n) is 12.7. The molecular formula is C29H39N3O3. The molecule has 2 aromatic rings. The number of nitriles is 1. The Morgan fingerprint density at radius 2 is 1.86 bits per heavy atom. The molecule has 1 fully saturated rings. The van der Waals surface area contributed by atoms with Crippen LogP contribution in [0.25, 0.3) is 0 Å². The number of piperidine rings is 1. The first kappa shape index (κ1) is 26.9. The van der Waals surface area contributed by atoms with Crippen LogP contribution in [-0.4, -0.2) is 56.8 Å². The average Bonchev–Trinajstić information content (AvgIpc) is 2.89. The molecule has 1 aliphatic heterocycles. The van der Waals surface area contributed by atoms with Gasteiger partial charge in [-0.25, -0.2) is 0 Å². The fourth-order valence-corrected chi connectivity index (χ4v) is 4.73. The quantitative estimate of drug-likeness (QED) is 0.450. The number of benzene rings is 2. The number of methoxy groups -OCH3 is 1. The largest absolute Gasteiger partial charge is 0.383 e. The summed E-state index contributed by atoms with van der Waals surface area (Å²) in [6.07, 6.45) is 1.96. The summed E-state index contributed by atoms with van der Waals surface area (Å²) in [7, 11) is 1.75. The number of nitrogens with zero attached hydrogens (tertiary/aromatic N) is 2. The van der Waals surface area contributed by atoms with Gasteiger partial charge in [-0.05, 0) is 54.3 Å². The number of likely N-dealkylation sites (tertiary alicyclic amines) is 1. The second-order valence-corrected chi connectivity index (χ2v) is 9.72. The number of hydrogen-bond donors (Lipinski definition) is 1. The van der Waals surface area contributed by atoms with Crippen molar-refractivity contribution < 1.29 is 14.3 Å². The van der Waals surface area contributed by atoms with Gasteiger partial charge in [-0.1, -0.05) is 68.4 Å². The monoisotopic (exact) mass is 477 g/mol. The molecule has 1 aliphatic rings. The third kappa shape index (κ3) is 8.17. The highest BCUT2D eigenvalue weighted by Gasteiger charge is 2.27. The van der Waals surface area contributed by atoms with Crippen molar-refractivity contribution in [2.45, 2.75) is 51.2 Å². The molecule has 35 heavy (non-hydrogen) atoms. The summed E-state index contributed by atoms with van der Waals surface area (Å²) >= 11 is 0. The fraction of sp³-hybridized carbons (Fsp3) is 0.517. The third-order valence-corrected chi connectivity index (χ3v) is 6.55. The van der Waals surface area contributed by atoms with E-state index in [1.807, 2.05) is 36.4 Å². The molecule has 0 spiro atoms. The molecule has 2 aromatic carbocycles. The lowest BCUT2D eigenvalue weighted by atomic mass is 9.89. The van der Waals surface area contributed by atoms with Crippen molar-refractivity contribution in [3.05, 3.63) is 71.3 Å². The highest BCUT2D eigenvalue weighted by molar-refractivity contribution is 5.81. The zero-order valence-corrected chi connectivity index (χ0v) is 21.3. The van der Waals surface area contributed by atoms with E-state index in [1.165, 1.54) is 18.4 Å². The zero-order chi connectivity index (χ0) is 25.0. The van der Waals surface area contributed by atoms with Gasteiger partial charge in [0, 0.05) is 20.2 Å². The van der Waals surface area contributed by atoms with Crippen LogP contribution in [0.2, 0.25) is 0 Å². The van der Waals surface area contributed by atoms with Crippen molar-refractivity contribution >= 4 is 5.91 Å². The Kier molecular flexibility index (Phi) is 10.7. The third-order valence-electron chi connectivity index (χ3n) is 6.55. The lowest BCUT2D eigenvalue weighted by Gasteiger charge is -2.33. The van der Waals surface area contributed by atoms with Crippen LogP contribution in [0.3, 0.4) is 0 Å². The van der Waals surface area contributed by atoms with Crippen molar-refractivity contribution in [2.75, 3.05) is 39.9 Å². The van der Waals surface area contributed by atoms with Crippen molar-refractivity contribution in [3.8, 4) is 6.07 Å². The Labute approximate surface area is 210 Å². The van der Waals surface area contributed by atoms with Crippen LogP contribution in [0.15, 0.2) is 54.6 Å². The van der Waals surface area contributed by atoms with Gasteiger partial charge in [0.25, 0.3) is 0 Å². The predicted molar refractivity (Wildman–Crippen MR) is 138 cm³/mol. The standard InChI is InChI=1S/C29H39N3O3/c1-22(2)20-27(29(33)31-16-15-30)35-28(24-8-5-4-6-9-24)25-13-11-23(12-14-25)26-10-7-17-32(21-26)18-19-34-3/h4-6,8-9,11-14,22,26-28H,7,10,16-21H2,1-3H3,(H,31,33)/t26?,27-,28?/m0/s1. The Hall–Kier alpha value is -2.72. The Morgan fingerprint density at radius 3 is 2.51 bits per heavy atom. The van der Waals surface area contributed by atoms with Gasteiger partial charge < -0.3 is 19.7 Å². The maximum atomic E-state index is 12.8. The molecule has 1 saturated heterocycles. The van der Waals surface area contributed by atoms with E-state index >= 15 is 0 Å². The molecule has 3 atom stereocenters. The number of carbonyl (C=O) groups is 1. The van der Waals surface area contributed by atoms with E-state index in [-0.39, 0.29) is 24.5 Å². The fourth-order valence-electron chi connectivity index (χ4n) is 4.73. The van der Waals surface area contributed by atoms with Crippen LogP contribution >= 0.6 is 0 Å². The molecule has 6 nitrogen and oxygen atoms in total. The van der Waals surface area contributed by atoms with Crippen LogP contribution in [0, 0.1) is 17.2 Å². The normalized spacial score (nSPS) is 18.1. The summed E-state index contributed by atoms with van der Waals surface area (Å²) in [5.41, 5.74) is 3.37. The van der Waals surface area contributed by atoms with Gasteiger partial charge in [0.05, 0.1) is 12.7 Å². The van der Waals surface area contributed by atoms with E-state index in [2.05, 4.69) is 48.3 Å². The SMILES string of the molecule is COCCN1CCCC(c2ccc(C(O[C@@H](CC(C)C)C(=O)NCC#N)c3ccccc3)cc2)C1. The zero-order valence-electron chi connectivity index (χ0n) is 21.3. The van der Waals surface area contributed by atoms with Gasteiger partial charge in [-0.15, -0.1) is 0 Å². The van der Waals surface area contributed by atoms with E-state index in [0.717, 1.165) is 37.4 Å². The van der Waals surface area contributed by atoms with Gasteiger partial charge in [0.15, 0.2) is 0 Å². The first-order chi connectivity index (χ1) is 17.0. The van der Waals surface area contributed by atoms with Crippen molar-refractivity contribution in [3.63, 3.8) is 0 Å². The minimum Gasteiger partial charge on any atom is -0.383 e. The number of hydrogen-bond acceptors (Lipinski definition) is 5. The van der Waals surface area contributed by atoms with Gasteiger partial charge >= 0.3 is 0 Å². The molecule has 2 unspecified atom stereocenters. The molecule has 0 bridgehead atoms. The summed E-state index contributed by atoms with van der Waals surface area (Å²) in [6, 6.07) is 20.7. The molecule has 1 heterocycles. The summed E-state index contributed by atoms with van der Waals surface area (Å²) in [5, 5.41) is 11.6. The highest BCUT2D eigenvalue weighted by atomic mass is 16.5. The molecule has 0 aromatic heterocycles. The summed E-state index contributed by atoms with van der Waals surface area (Å²) in [5.74, 6) is 0.548. The van der Waals surface area contributed by atoms with Crippen molar-refractivity contribution in [2.24, 2.45) is 5.92 Å². The number of amides is 1. The minimum absolute atomic E-state index is 0.0235. The van der Waals surface area contributed by atoms with E-state index in [4.69, 9.17) is 14.7 Å². The smallest absolute Gasteiger partial charge is 0.250 e. The van der Waals surface area contributed by atoms with Gasteiger partial charge in [0.2, 0.25) is 5.91 Å². The maximum absolute atomic E-state index is 12.8. The number of nitrogens with one attached hydrogen (secondary N) is 1. The van der Waals surface area contributed by atoms with Crippen LogP contribution in [0.5, 0.6) is 0 Å². The summed E-state index contributed by atoms with van der Waals surface area (Å²) in [6.45, 7) is 8.04. The van der Waals surface area contributed by atoms with Crippen molar-refractivity contribution in [1.29, 1.82) is 5.26 Å². The molecule has 0 aliphatic carbocycles. The minimum atomic E-state index is -0.638. The van der Waals surface area contributed by atoms with Crippen molar-refractivity contribution in [1.82, 2.24) is 10.2 Å². The Morgan fingerprint density at radius 1 is 1.14 bits per heavy atom. The second-order valence-electron chi connectivity index (χ2n) is 9.72. The van der Waals surface area contributed by atoms with E-state index in [1.54, 1.807) is 7.11 Å². The van der Waals surface area contributed by atoms with E-state index in [0.29, 0.717) is 12.3 Å². The lowest BCUT2D eigenvalue weighted by molar-refractivity contribution is -0.136. The van der Waals surface area contributed by atoms with Crippen LogP contribution < -0.4 is 5.32 Å². The lowest BCUT2D eigenvalue weighted by Crippen LogP contribution is -2.38. The average molecular weight is 478 g/mol. The Bertz CT molecular complexity index is 940. The second kappa shape index (κ2) is 14.0. The molecule has 0 saturated carbocycles. The molecule has 3 rings (SSSR count). The summed E-state index contributed by atoms with van der Waals surface area (Å²) in [4.78, 5) is 15.3. The molecular weight excluding hydrogens is 438 g/mol. The van der Waals surface area contributed by atoms with Gasteiger partial charge in [-0.3, -0.25) is 4.79 Å². The predicted octanol–water partition coefficient (Wildman–Crippen LogP) is 4.67. The highest BCUT2D eigenvalue weighted by Crippen LogP contribution is 2.32. The van der Waals surface area contributed by atoms with Gasteiger partial charge in [0.1, 0.15) is 18.8 Å². The summed E-state index contributed by atoms with van der Waals surface area (Å²) < 4.78 is 11.8. The molecule has 0 radical (unpaired) electrons. The number of ether oxygens (including phenoxy) is 2. The van der Waals surface area contributed by atoms with Crippen LogP contribution in [0.4, 0.5) is 0 Å². The Balaban J connectivity index is 1.81.